The van der Waals surface area contributed by atoms with Crippen LogP contribution >= 0.6 is 0 Å². The molecule has 0 bridgehead atoms. The molecule has 66 valence electrons. The minimum atomic E-state index is -5.29. The molecule has 0 aliphatic heterocycles. The van der Waals surface area contributed by atoms with Gasteiger partial charge in [-0.05, 0) is 12.5 Å². The first-order valence-corrected chi connectivity index (χ1v) is 3.23. The van der Waals surface area contributed by atoms with Gasteiger partial charge in [0.25, 0.3) is 0 Å². The smallest absolute Gasteiger partial charge is 0.445 e. The average molecular weight is 178 g/mol. The standard InChI is InChI=1S/C6H5BF4N/c1-4-2-5(7(9,10)11)6(8)12-3-4/h2-3H,1H3/q-1. The predicted octanol–water partition coefficient (Wildman–Crippen LogP) is 1.58. The van der Waals surface area contributed by atoms with Crippen LogP contribution in [0.25, 0.3) is 0 Å². The van der Waals surface area contributed by atoms with Crippen LogP contribution in [0.15, 0.2) is 12.3 Å². The fraction of sp³-hybridized carbons (Fsp3) is 0.167. The Morgan fingerprint density at radius 3 is 2.33 bits per heavy atom. The van der Waals surface area contributed by atoms with Crippen molar-refractivity contribution < 1.29 is 17.3 Å². The Morgan fingerprint density at radius 1 is 1.33 bits per heavy atom. The first-order valence-electron chi connectivity index (χ1n) is 3.23. The molecule has 0 saturated heterocycles. The number of nitrogens with zero attached hydrogens (tertiary/aromatic N) is 1. The normalized spacial score (nSPS) is 11.8. The van der Waals surface area contributed by atoms with Gasteiger partial charge in [-0.1, -0.05) is 11.5 Å². The van der Waals surface area contributed by atoms with Gasteiger partial charge < -0.3 is 12.9 Å². The van der Waals surface area contributed by atoms with Crippen LogP contribution < -0.4 is 5.46 Å². The summed E-state index contributed by atoms with van der Waals surface area (Å²) in [7, 11) is 0. The third kappa shape index (κ3) is 1.75. The van der Waals surface area contributed by atoms with Crippen LogP contribution in [0.3, 0.4) is 0 Å². The van der Waals surface area contributed by atoms with Crippen molar-refractivity contribution in [1.29, 1.82) is 0 Å². The molecular weight excluding hydrogens is 173 g/mol. The molecule has 0 radical (unpaired) electrons. The number of halogens is 4. The molecule has 1 nitrogen and oxygen atoms in total. The molecule has 1 aromatic heterocycles. The number of hydrogen-bond donors (Lipinski definition) is 0. The van der Waals surface area contributed by atoms with Gasteiger partial charge in [0, 0.05) is 6.20 Å². The topological polar surface area (TPSA) is 12.9 Å². The van der Waals surface area contributed by atoms with E-state index in [0.29, 0.717) is 5.56 Å². The summed E-state index contributed by atoms with van der Waals surface area (Å²) in [4.78, 5) is 2.97. The summed E-state index contributed by atoms with van der Waals surface area (Å²) < 4.78 is 48.5. The van der Waals surface area contributed by atoms with Gasteiger partial charge in [-0.15, -0.1) is 0 Å². The molecule has 0 amide bonds. The predicted molar refractivity (Wildman–Crippen MR) is 37.6 cm³/mol. The summed E-state index contributed by atoms with van der Waals surface area (Å²) in [5, 5.41) is 0. The second-order valence-corrected chi connectivity index (χ2v) is 2.47. The number of aryl methyl sites for hydroxylation is 1. The summed E-state index contributed by atoms with van der Waals surface area (Å²) in [5.41, 5.74) is -0.958. The Balaban J connectivity index is 3.23. The lowest BCUT2D eigenvalue weighted by molar-refractivity contribution is 0.490. The van der Waals surface area contributed by atoms with Gasteiger partial charge in [0.1, 0.15) is 0 Å². The molecule has 1 rings (SSSR count). The third-order valence-electron chi connectivity index (χ3n) is 1.36. The van der Waals surface area contributed by atoms with E-state index in [1.165, 1.54) is 6.92 Å². The molecule has 0 aliphatic carbocycles. The molecule has 0 saturated carbocycles. The second-order valence-electron chi connectivity index (χ2n) is 2.47. The minimum absolute atomic E-state index is 0.297. The first kappa shape index (κ1) is 9.03. The van der Waals surface area contributed by atoms with E-state index < -0.39 is 18.4 Å². The number of hydrogen-bond acceptors (Lipinski definition) is 1. The zero-order valence-corrected chi connectivity index (χ0v) is 6.19. The number of aromatic nitrogens is 1. The molecule has 0 atom stereocenters. The Hall–Kier alpha value is -1.07. The fourth-order valence-electron chi connectivity index (χ4n) is 0.805. The second kappa shape index (κ2) is 2.77. The van der Waals surface area contributed by atoms with Gasteiger partial charge in [-0.2, -0.15) is 4.39 Å². The Bertz CT molecular complexity index is 296. The summed E-state index contributed by atoms with van der Waals surface area (Å²) in [6.07, 6.45) is 1.06. The molecule has 0 unspecified atom stereocenters. The van der Waals surface area contributed by atoms with Crippen molar-refractivity contribution in [3.63, 3.8) is 0 Å². The van der Waals surface area contributed by atoms with Crippen LogP contribution in [0.2, 0.25) is 0 Å². The summed E-state index contributed by atoms with van der Waals surface area (Å²) >= 11 is 0. The summed E-state index contributed by atoms with van der Waals surface area (Å²) in [6, 6.07) is 0.752. The van der Waals surface area contributed by atoms with E-state index in [1.54, 1.807) is 0 Å². The fourth-order valence-corrected chi connectivity index (χ4v) is 0.805. The zero-order chi connectivity index (χ0) is 9.35. The minimum Gasteiger partial charge on any atom is -0.445 e. The number of pyridine rings is 1. The van der Waals surface area contributed by atoms with Crippen LogP contribution in [0.5, 0.6) is 0 Å². The molecule has 0 aromatic carbocycles. The van der Waals surface area contributed by atoms with Crippen LogP contribution in [0.4, 0.5) is 17.3 Å². The van der Waals surface area contributed by atoms with Crippen molar-refractivity contribution in [1.82, 2.24) is 4.98 Å². The van der Waals surface area contributed by atoms with Crippen LogP contribution in [0.1, 0.15) is 5.56 Å². The first-order chi connectivity index (χ1) is 5.41. The molecule has 1 aromatic rings. The molecule has 12 heavy (non-hydrogen) atoms. The van der Waals surface area contributed by atoms with Crippen molar-refractivity contribution in [2.24, 2.45) is 0 Å². The van der Waals surface area contributed by atoms with Gasteiger partial charge in [0.2, 0.25) is 0 Å². The lowest BCUT2D eigenvalue weighted by Crippen LogP contribution is -2.37. The van der Waals surface area contributed by atoms with Crippen LogP contribution in [-0.2, 0) is 0 Å². The summed E-state index contributed by atoms with van der Waals surface area (Å²) in [6.45, 7) is -3.86. The highest BCUT2D eigenvalue weighted by Gasteiger charge is 2.29. The van der Waals surface area contributed by atoms with Crippen molar-refractivity contribution >= 4 is 12.4 Å². The van der Waals surface area contributed by atoms with Gasteiger partial charge in [0.05, 0.1) is 0 Å². The maximum atomic E-state index is 12.5. The zero-order valence-electron chi connectivity index (χ0n) is 6.19. The largest absolute Gasteiger partial charge is 0.514 e. The molecule has 0 N–H and O–H groups in total. The molecular formula is C6H5BF4N-. The van der Waals surface area contributed by atoms with Gasteiger partial charge in [0.15, 0.2) is 5.95 Å². The molecule has 0 fully saturated rings. The molecule has 6 heteroatoms. The van der Waals surface area contributed by atoms with Gasteiger partial charge >= 0.3 is 6.98 Å². The Morgan fingerprint density at radius 2 is 1.92 bits per heavy atom. The van der Waals surface area contributed by atoms with Crippen LogP contribution in [0, 0.1) is 12.9 Å². The van der Waals surface area contributed by atoms with Crippen molar-refractivity contribution in [3.8, 4) is 0 Å². The van der Waals surface area contributed by atoms with Crippen molar-refractivity contribution in [2.45, 2.75) is 6.92 Å². The highest BCUT2D eigenvalue weighted by Crippen LogP contribution is 2.10. The van der Waals surface area contributed by atoms with Crippen LogP contribution in [-0.4, -0.2) is 12.0 Å². The highest BCUT2D eigenvalue weighted by atomic mass is 19.4. The van der Waals surface area contributed by atoms with E-state index >= 15 is 0 Å². The van der Waals surface area contributed by atoms with E-state index in [1.807, 2.05) is 0 Å². The highest BCUT2D eigenvalue weighted by molar-refractivity contribution is 6.73. The van der Waals surface area contributed by atoms with Gasteiger partial charge in [-0.3, -0.25) is 0 Å². The maximum absolute atomic E-state index is 12.5. The monoisotopic (exact) mass is 178 g/mol. The number of rotatable bonds is 1. The average Bonchev–Trinajstić information content (AvgIpc) is 1.92. The van der Waals surface area contributed by atoms with E-state index in [0.717, 1.165) is 12.3 Å². The Labute approximate surface area is 66.5 Å². The van der Waals surface area contributed by atoms with E-state index in [2.05, 4.69) is 4.98 Å². The Kier molecular flexibility index (Phi) is 2.08. The quantitative estimate of drug-likeness (QED) is 0.361. The van der Waals surface area contributed by atoms with Crippen molar-refractivity contribution in [2.75, 3.05) is 0 Å². The molecule has 0 aliphatic rings. The summed E-state index contributed by atoms with van der Waals surface area (Å²) in [5.74, 6) is -1.45. The molecule has 0 spiro atoms. The SMILES string of the molecule is Cc1cnc(F)c([B-](F)(F)F)c1. The van der Waals surface area contributed by atoms with E-state index in [-0.39, 0.29) is 0 Å². The lowest BCUT2D eigenvalue weighted by Gasteiger charge is -2.14. The van der Waals surface area contributed by atoms with E-state index in [4.69, 9.17) is 0 Å². The van der Waals surface area contributed by atoms with E-state index in [9.17, 15) is 17.3 Å². The maximum Gasteiger partial charge on any atom is 0.514 e. The van der Waals surface area contributed by atoms with Crippen molar-refractivity contribution in [3.05, 3.63) is 23.8 Å². The lowest BCUT2D eigenvalue weighted by atomic mass is 9.80. The molecule has 1 heterocycles. The van der Waals surface area contributed by atoms with Gasteiger partial charge in [-0.25, -0.2) is 4.98 Å². The third-order valence-corrected chi connectivity index (χ3v) is 1.36.